The van der Waals surface area contributed by atoms with Gasteiger partial charge in [-0.3, -0.25) is 5.10 Å². The van der Waals surface area contributed by atoms with Gasteiger partial charge in [-0.1, -0.05) is 18.2 Å². The molecule has 1 unspecified atom stereocenters. The first-order valence-electron chi connectivity index (χ1n) is 6.15. The lowest BCUT2D eigenvalue weighted by Crippen LogP contribution is -2.23. The van der Waals surface area contributed by atoms with Crippen LogP contribution in [0.1, 0.15) is 30.0 Å². The molecule has 0 bridgehead atoms. The quantitative estimate of drug-likeness (QED) is 0.875. The van der Waals surface area contributed by atoms with Crippen LogP contribution in [0, 0.1) is 11.3 Å². The first-order valence-corrected chi connectivity index (χ1v) is 6.15. The Morgan fingerprint density at radius 3 is 3.00 bits per heavy atom. The van der Waals surface area contributed by atoms with Gasteiger partial charge >= 0.3 is 0 Å². The van der Waals surface area contributed by atoms with Gasteiger partial charge in [0.15, 0.2) is 0 Å². The maximum atomic E-state index is 9.21. The highest BCUT2D eigenvalue weighted by molar-refractivity contribution is 5.47. The lowest BCUT2D eigenvalue weighted by atomic mass is 9.99. The van der Waals surface area contributed by atoms with Crippen molar-refractivity contribution >= 4 is 5.82 Å². The van der Waals surface area contributed by atoms with Crippen LogP contribution in [0.15, 0.2) is 36.5 Å². The number of benzene rings is 1. The summed E-state index contributed by atoms with van der Waals surface area (Å²) in [7, 11) is 0. The summed E-state index contributed by atoms with van der Waals surface area (Å²) in [6.45, 7) is 1.01. The Balaban J connectivity index is 1.98. The molecule has 1 fully saturated rings. The number of H-pyrrole nitrogens is 1. The average molecular weight is 238 g/mol. The second-order valence-electron chi connectivity index (χ2n) is 4.49. The Labute approximate surface area is 106 Å². The lowest BCUT2D eigenvalue weighted by molar-refractivity contribution is 0.708. The summed E-state index contributed by atoms with van der Waals surface area (Å²) < 4.78 is 0. The van der Waals surface area contributed by atoms with E-state index in [1.165, 1.54) is 0 Å². The predicted octanol–water partition coefficient (Wildman–Crippen LogP) is 2.62. The molecule has 1 aliphatic rings. The Kier molecular flexibility index (Phi) is 2.73. The van der Waals surface area contributed by atoms with E-state index in [-0.39, 0.29) is 6.04 Å². The van der Waals surface area contributed by atoms with Crippen LogP contribution >= 0.6 is 0 Å². The van der Waals surface area contributed by atoms with Gasteiger partial charge in [-0.25, -0.2) is 0 Å². The van der Waals surface area contributed by atoms with Crippen LogP contribution in [0.3, 0.4) is 0 Å². The molecule has 0 saturated carbocycles. The van der Waals surface area contributed by atoms with Gasteiger partial charge in [0.25, 0.3) is 0 Å². The minimum absolute atomic E-state index is 0.279. The minimum atomic E-state index is 0.279. The van der Waals surface area contributed by atoms with Crippen molar-refractivity contribution in [3.63, 3.8) is 0 Å². The topological polar surface area (TPSA) is 55.7 Å². The molecule has 0 radical (unpaired) electrons. The summed E-state index contributed by atoms with van der Waals surface area (Å²) in [6, 6.07) is 12.4. The molecular formula is C14H14N4. The molecule has 1 N–H and O–H groups in total. The normalized spacial score (nSPS) is 18.8. The van der Waals surface area contributed by atoms with Gasteiger partial charge in [0.05, 0.1) is 23.9 Å². The summed E-state index contributed by atoms with van der Waals surface area (Å²) in [6.07, 6.45) is 3.99. The zero-order chi connectivity index (χ0) is 12.4. The number of rotatable bonds is 2. The smallest absolute Gasteiger partial charge is 0.124 e. The monoisotopic (exact) mass is 238 g/mol. The number of nitriles is 1. The predicted molar refractivity (Wildman–Crippen MR) is 69.1 cm³/mol. The van der Waals surface area contributed by atoms with E-state index in [1.807, 2.05) is 24.3 Å². The van der Waals surface area contributed by atoms with E-state index in [0.717, 1.165) is 36.3 Å². The SMILES string of the molecule is N#Cc1ccccc1C1CCCN1c1ccn[nH]1. The van der Waals surface area contributed by atoms with Gasteiger partial charge in [-0.15, -0.1) is 0 Å². The fraction of sp³-hybridized carbons (Fsp3) is 0.286. The molecule has 1 aromatic carbocycles. The highest BCUT2D eigenvalue weighted by atomic mass is 15.3. The fourth-order valence-corrected chi connectivity index (χ4v) is 2.68. The summed E-state index contributed by atoms with van der Waals surface area (Å²) in [5, 5.41) is 16.2. The van der Waals surface area contributed by atoms with E-state index in [4.69, 9.17) is 0 Å². The van der Waals surface area contributed by atoms with Gasteiger partial charge in [0.1, 0.15) is 5.82 Å². The van der Waals surface area contributed by atoms with E-state index in [9.17, 15) is 5.26 Å². The Morgan fingerprint density at radius 2 is 2.22 bits per heavy atom. The molecular weight excluding hydrogens is 224 g/mol. The Bertz CT molecular complexity index is 568. The summed E-state index contributed by atoms with van der Waals surface area (Å²) in [5.74, 6) is 1.03. The largest absolute Gasteiger partial charge is 0.350 e. The molecule has 1 aliphatic heterocycles. The van der Waals surface area contributed by atoms with Crippen LogP contribution in [-0.4, -0.2) is 16.7 Å². The van der Waals surface area contributed by atoms with Crippen LogP contribution in [0.2, 0.25) is 0 Å². The molecule has 0 amide bonds. The second kappa shape index (κ2) is 4.53. The Morgan fingerprint density at radius 1 is 1.33 bits per heavy atom. The molecule has 1 atom stereocenters. The average Bonchev–Trinajstić information content (AvgIpc) is 3.09. The lowest BCUT2D eigenvalue weighted by Gasteiger charge is -2.25. The molecule has 2 heterocycles. The second-order valence-corrected chi connectivity index (χ2v) is 4.49. The number of aromatic amines is 1. The van der Waals surface area contributed by atoms with E-state index in [2.05, 4.69) is 27.2 Å². The highest BCUT2D eigenvalue weighted by Crippen LogP contribution is 2.36. The zero-order valence-corrected chi connectivity index (χ0v) is 10.0. The van der Waals surface area contributed by atoms with Crippen LogP contribution < -0.4 is 4.90 Å². The zero-order valence-electron chi connectivity index (χ0n) is 10.0. The molecule has 3 rings (SSSR count). The number of hydrogen-bond donors (Lipinski definition) is 1. The van der Waals surface area contributed by atoms with Gasteiger partial charge in [0.2, 0.25) is 0 Å². The first-order chi connectivity index (χ1) is 8.90. The molecule has 1 saturated heterocycles. The third-order valence-corrected chi connectivity index (χ3v) is 3.49. The highest BCUT2D eigenvalue weighted by Gasteiger charge is 2.28. The van der Waals surface area contributed by atoms with Crippen LogP contribution in [0.4, 0.5) is 5.82 Å². The third kappa shape index (κ3) is 1.74. The third-order valence-electron chi connectivity index (χ3n) is 3.49. The van der Waals surface area contributed by atoms with Crippen molar-refractivity contribution in [2.24, 2.45) is 0 Å². The molecule has 4 nitrogen and oxygen atoms in total. The van der Waals surface area contributed by atoms with E-state index in [1.54, 1.807) is 6.20 Å². The maximum Gasteiger partial charge on any atom is 0.124 e. The van der Waals surface area contributed by atoms with Crippen molar-refractivity contribution in [3.8, 4) is 6.07 Å². The first kappa shape index (κ1) is 10.8. The van der Waals surface area contributed by atoms with Gasteiger partial charge in [0, 0.05) is 12.6 Å². The molecule has 90 valence electrons. The number of nitrogens with one attached hydrogen (secondary N) is 1. The van der Waals surface area contributed by atoms with Crippen molar-refractivity contribution < 1.29 is 0 Å². The fourth-order valence-electron chi connectivity index (χ4n) is 2.68. The van der Waals surface area contributed by atoms with Crippen molar-refractivity contribution in [1.29, 1.82) is 5.26 Å². The summed E-state index contributed by atoms with van der Waals surface area (Å²) in [5.41, 5.74) is 1.89. The van der Waals surface area contributed by atoms with Crippen LogP contribution in [0.25, 0.3) is 0 Å². The molecule has 18 heavy (non-hydrogen) atoms. The Hall–Kier alpha value is -2.28. The van der Waals surface area contributed by atoms with Crippen molar-refractivity contribution in [1.82, 2.24) is 10.2 Å². The van der Waals surface area contributed by atoms with Crippen LogP contribution in [0.5, 0.6) is 0 Å². The molecule has 0 aliphatic carbocycles. The number of aromatic nitrogens is 2. The summed E-state index contributed by atoms with van der Waals surface area (Å²) >= 11 is 0. The summed E-state index contributed by atoms with van der Waals surface area (Å²) in [4.78, 5) is 2.29. The number of hydrogen-bond acceptors (Lipinski definition) is 3. The molecule has 1 aromatic heterocycles. The number of anilines is 1. The van der Waals surface area contributed by atoms with Crippen molar-refractivity contribution in [2.75, 3.05) is 11.4 Å². The maximum absolute atomic E-state index is 9.21. The van der Waals surface area contributed by atoms with E-state index >= 15 is 0 Å². The van der Waals surface area contributed by atoms with Crippen molar-refractivity contribution in [3.05, 3.63) is 47.7 Å². The number of nitrogens with zero attached hydrogens (tertiary/aromatic N) is 3. The van der Waals surface area contributed by atoms with Gasteiger partial charge < -0.3 is 4.90 Å². The van der Waals surface area contributed by atoms with Crippen molar-refractivity contribution in [2.45, 2.75) is 18.9 Å². The van der Waals surface area contributed by atoms with E-state index in [0.29, 0.717) is 0 Å². The molecule has 4 heteroatoms. The molecule has 0 spiro atoms. The molecule has 2 aromatic rings. The van der Waals surface area contributed by atoms with Gasteiger partial charge in [-0.2, -0.15) is 10.4 Å². The van der Waals surface area contributed by atoms with E-state index < -0.39 is 0 Å². The van der Waals surface area contributed by atoms with Gasteiger partial charge in [-0.05, 0) is 24.5 Å². The minimum Gasteiger partial charge on any atom is -0.350 e. The van der Waals surface area contributed by atoms with Crippen LogP contribution in [-0.2, 0) is 0 Å². The standard InChI is InChI=1S/C14H14N4/c15-10-11-4-1-2-5-12(11)13-6-3-9-18(13)14-7-8-16-17-14/h1-2,4-5,7-8,13H,3,6,9H2,(H,16,17).